The zero-order valence-corrected chi connectivity index (χ0v) is 10.4. The van der Waals surface area contributed by atoms with Crippen molar-refractivity contribution in [3.63, 3.8) is 0 Å². The summed E-state index contributed by atoms with van der Waals surface area (Å²) in [6.45, 7) is 2.00. The molecule has 1 aliphatic heterocycles. The Labute approximate surface area is 97.8 Å². The van der Waals surface area contributed by atoms with Crippen molar-refractivity contribution in [3.05, 3.63) is 0 Å². The van der Waals surface area contributed by atoms with Gasteiger partial charge in [0.25, 0.3) is 0 Å². The third-order valence-corrected chi connectivity index (χ3v) is 4.75. The molecule has 1 fully saturated rings. The van der Waals surface area contributed by atoms with Crippen LogP contribution in [0.5, 0.6) is 0 Å². The second kappa shape index (κ2) is 5.77. The molecule has 2 atom stereocenters. The average Bonchev–Trinajstić information content (AvgIpc) is 2.42. The maximum absolute atomic E-state index is 11.7. The fourth-order valence-corrected chi connectivity index (χ4v) is 3.80. The number of thioether (sulfide) groups is 2. The zero-order valence-electron chi connectivity index (χ0n) is 8.80. The Balaban J connectivity index is 2.71. The first-order valence-electron chi connectivity index (χ1n) is 4.79. The van der Waals surface area contributed by atoms with Gasteiger partial charge < -0.3 is 5.11 Å². The molecule has 0 radical (unpaired) electrons. The molecule has 0 aromatic heterocycles. The van der Waals surface area contributed by atoms with Crippen molar-refractivity contribution in [1.82, 2.24) is 4.90 Å². The number of rotatable bonds is 5. The number of carbonyl (C=O) groups is 2. The Morgan fingerprint density at radius 3 is 2.27 bits per heavy atom. The van der Waals surface area contributed by atoms with Gasteiger partial charge in [0.05, 0.1) is 6.61 Å². The summed E-state index contributed by atoms with van der Waals surface area (Å²) >= 11 is 2.86. The van der Waals surface area contributed by atoms with Gasteiger partial charge >= 0.3 is 0 Å². The summed E-state index contributed by atoms with van der Waals surface area (Å²) in [7, 11) is 1.52. The Morgan fingerprint density at radius 1 is 1.27 bits per heavy atom. The summed E-state index contributed by atoms with van der Waals surface area (Å²) in [5.41, 5.74) is 0. The van der Waals surface area contributed by atoms with Crippen molar-refractivity contribution in [2.45, 2.75) is 17.4 Å². The van der Waals surface area contributed by atoms with Gasteiger partial charge in [-0.15, -0.1) is 23.5 Å². The monoisotopic (exact) mass is 249 g/mol. The number of hydrogen-bond donors (Lipinski definition) is 1. The van der Waals surface area contributed by atoms with Crippen LogP contribution in [0, 0.1) is 0 Å². The second-order valence-electron chi connectivity index (χ2n) is 3.13. The highest BCUT2D eigenvalue weighted by atomic mass is 32.2. The first-order valence-corrected chi connectivity index (χ1v) is 6.88. The van der Waals surface area contributed by atoms with Crippen LogP contribution in [0.4, 0.5) is 0 Å². The molecule has 0 saturated carbocycles. The van der Waals surface area contributed by atoms with Gasteiger partial charge in [-0.1, -0.05) is 6.92 Å². The minimum atomic E-state index is -0.320. The highest BCUT2D eigenvalue weighted by Gasteiger charge is 2.45. The van der Waals surface area contributed by atoms with Crippen molar-refractivity contribution in [2.24, 2.45) is 0 Å². The van der Waals surface area contributed by atoms with Crippen LogP contribution in [0.1, 0.15) is 6.92 Å². The topological polar surface area (TPSA) is 57.6 Å². The molecular weight excluding hydrogens is 234 g/mol. The van der Waals surface area contributed by atoms with E-state index >= 15 is 0 Å². The summed E-state index contributed by atoms with van der Waals surface area (Å²) in [4.78, 5) is 24.6. The van der Waals surface area contributed by atoms with Crippen molar-refractivity contribution in [2.75, 3.05) is 25.2 Å². The highest BCUT2D eigenvalue weighted by molar-refractivity contribution is 8.04. The number of carbonyl (C=O) groups excluding carboxylic acids is 2. The minimum absolute atomic E-state index is 0.0376. The van der Waals surface area contributed by atoms with Crippen LogP contribution in [0.3, 0.4) is 0 Å². The second-order valence-corrected chi connectivity index (χ2v) is 5.79. The first kappa shape index (κ1) is 12.9. The molecule has 1 N–H and O–H groups in total. The summed E-state index contributed by atoms with van der Waals surface area (Å²) in [5, 5.41) is 8.13. The SMILES string of the molecule is CCSC1C(=O)N(C)C(=O)C1SCCO. The maximum Gasteiger partial charge on any atom is 0.243 e. The van der Waals surface area contributed by atoms with Crippen molar-refractivity contribution < 1.29 is 14.7 Å². The van der Waals surface area contributed by atoms with Crippen LogP contribution in [0.2, 0.25) is 0 Å². The molecular formula is C9H15NO3S2. The van der Waals surface area contributed by atoms with E-state index in [0.717, 1.165) is 5.75 Å². The summed E-state index contributed by atoms with van der Waals surface area (Å²) in [5.74, 6) is 1.07. The molecule has 2 amide bonds. The Hall–Kier alpha value is -0.200. The van der Waals surface area contributed by atoms with E-state index in [2.05, 4.69) is 0 Å². The van der Waals surface area contributed by atoms with Gasteiger partial charge in [-0.05, 0) is 5.75 Å². The zero-order chi connectivity index (χ0) is 11.4. The molecule has 1 rings (SSSR count). The lowest BCUT2D eigenvalue weighted by Crippen LogP contribution is -2.26. The Morgan fingerprint density at radius 2 is 1.80 bits per heavy atom. The van der Waals surface area contributed by atoms with Gasteiger partial charge in [-0.25, -0.2) is 0 Å². The number of likely N-dealkylation sites (tertiary alicyclic amines) is 1. The molecule has 1 saturated heterocycles. The van der Waals surface area contributed by atoms with E-state index in [4.69, 9.17) is 5.11 Å². The van der Waals surface area contributed by atoms with Crippen LogP contribution in [0.25, 0.3) is 0 Å². The molecule has 1 aliphatic rings. The van der Waals surface area contributed by atoms with Gasteiger partial charge in [-0.3, -0.25) is 14.5 Å². The standard InChI is InChI=1S/C9H15NO3S2/c1-3-14-6-7(15-5-4-11)9(13)10(2)8(6)12/h6-7,11H,3-5H2,1-2H3. The van der Waals surface area contributed by atoms with Gasteiger partial charge in [0.15, 0.2) is 0 Å². The first-order chi connectivity index (χ1) is 7.13. The van der Waals surface area contributed by atoms with Crippen molar-refractivity contribution >= 4 is 35.3 Å². The van der Waals surface area contributed by atoms with Gasteiger partial charge in [-0.2, -0.15) is 0 Å². The number of aliphatic hydroxyl groups is 1. The molecule has 0 bridgehead atoms. The number of imide groups is 1. The van der Waals surface area contributed by atoms with E-state index in [9.17, 15) is 9.59 Å². The molecule has 86 valence electrons. The Bertz CT molecular complexity index is 260. The van der Waals surface area contributed by atoms with E-state index in [1.54, 1.807) is 0 Å². The van der Waals surface area contributed by atoms with E-state index in [0.29, 0.717) is 5.75 Å². The van der Waals surface area contributed by atoms with Crippen LogP contribution in [-0.2, 0) is 9.59 Å². The van der Waals surface area contributed by atoms with Crippen LogP contribution in [-0.4, -0.2) is 57.5 Å². The average molecular weight is 249 g/mol. The lowest BCUT2D eigenvalue weighted by Gasteiger charge is -2.12. The summed E-state index contributed by atoms with van der Waals surface area (Å²) in [6.07, 6.45) is 0. The minimum Gasteiger partial charge on any atom is -0.396 e. The van der Waals surface area contributed by atoms with E-state index in [1.807, 2.05) is 6.92 Å². The van der Waals surface area contributed by atoms with Crippen LogP contribution >= 0.6 is 23.5 Å². The molecule has 0 spiro atoms. The third-order valence-electron chi connectivity index (χ3n) is 2.16. The fourth-order valence-electron chi connectivity index (χ4n) is 1.43. The van der Waals surface area contributed by atoms with Crippen LogP contribution in [0.15, 0.2) is 0 Å². The fraction of sp³-hybridized carbons (Fsp3) is 0.778. The third kappa shape index (κ3) is 2.68. The van der Waals surface area contributed by atoms with Gasteiger partial charge in [0.1, 0.15) is 10.5 Å². The predicted molar refractivity (Wildman–Crippen MR) is 63.0 cm³/mol. The number of hydrogen-bond acceptors (Lipinski definition) is 5. The summed E-state index contributed by atoms with van der Waals surface area (Å²) in [6, 6.07) is 0. The number of aliphatic hydroxyl groups excluding tert-OH is 1. The molecule has 4 nitrogen and oxygen atoms in total. The molecule has 0 aromatic rings. The lowest BCUT2D eigenvalue weighted by atomic mass is 10.3. The van der Waals surface area contributed by atoms with Crippen molar-refractivity contribution in [1.29, 1.82) is 0 Å². The molecule has 15 heavy (non-hydrogen) atoms. The van der Waals surface area contributed by atoms with E-state index < -0.39 is 0 Å². The smallest absolute Gasteiger partial charge is 0.243 e. The molecule has 6 heteroatoms. The molecule has 2 unspecified atom stereocenters. The summed E-state index contributed by atoms with van der Waals surface area (Å²) < 4.78 is 0. The van der Waals surface area contributed by atoms with E-state index in [-0.39, 0.29) is 28.9 Å². The van der Waals surface area contributed by atoms with Gasteiger partial charge in [0, 0.05) is 12.8 Å². The lowest BCUT2D eigenvalue weighted by molar-refractivity contribution is -0.136. The highest BCUT2D eigenvalue weighted by Crippen LogP contribution is 2.32. The largest absolute Gasteiger partial charge is 0.396 e. The predicted octanol–water partition coefficient (Wildman–Crippen LogP) is 0.201. The maximum atomic E-state index is 11.7. The normalized spacial score (nSPS) is 26.5. The Kier molecular flexibility index (Phi) is 4.95. The van der Waals surface area contributed by atoms with Crippen LogP contribution < -0.4 is 0 Å². The number of nitrogens with zero attached hydrogens (tertiary/aromatic N) is 1. The molecule has 0 aliphatic carbocycles. The molecule has 0 aromatic carbocycles. The van der Waals surface area contributed by atoms with Gasteiger partial charge in [0.2, 0.25) is 11.8 Å². The number of amides is 2. The quantitative estimate of drug-likeness (QED) is 0.705. The van der Waals surface area contributed by atoms with E-state index in [1.165, 1.54) is 35.5 Å². The molecule has 1 heterocycles. The van der Waals surface area contributed by atoms with Crippen molar-refractivity contribution in [3.8, 4) is 0 Å².